The van der Waals surface area contributed by atoms with E-state index >= 15 is 0 Å². The predicted molar refractivity (Wildman–Crippen MR) is 132 cm³/mol. The van der Waals surface area contributed by atoms with Gasteiger partial charge in [0, 0.05) is 57.1 Å². The van der Waals surface area contributed by atoms with Crippen molar-refractivity contribution < 1.29 is 19.2 Å². The topological polar surface area (TPSA) is 95.8 Å². The van der Waals surface area contributed by atoms with Crippen molar-refractivity contribution >= 4 is 29.3 Å². The molecule has 3 aromatic rings. The van der Waals surface area contributed by atoms with Crippen LogP contribution in [0.4, 0.5) is 5.69 Å². The summed E-state index contributed by atoms with van der Waals surface area (Å²) in [5.41, 5.74) is 0.140. The molecule has 0 spiro atoms. The molecule has 0 bridgehead atoms. The molecule has 36 heavy (non-hydrogen) atoms. The highest BCUT2D eigenvalue weighted by molar-refractivity contribution is 6.11. The first-order chi connectivity index (χ1) is 17.5. The van der Waals surface area contributed by atoms with Crippen LogP contribution in [0.3, 0.4) is 0 Å². The summed E-state index contributed by atoms with van der Waals surface area (Å²) in [6.07, 6.45) is 4.79. The van der Waals surface area contributed by atoms with Crippen molar-refractivity contribution in [2.75, 3.05) is 31.1 Å². The second kappa shape index (κ2) is 9.77. The number of piperazine rings is 1. The highest BCUT2D eigenvalue weighted by atomic mass is 16.2. The lowest BCUT2D eigenvalue weighted by molar-refractivity contribution is -0.143. The lowest BCUT2D eigenvalue weighted by Crippen LogP contribution is -2.54. The van der Waals surface area contributed by atoms with Gasteiger partial charge in [-0.1, -0.05) is 48.5 Å². The number of nitrogens with zero attached hydrogens (tertiary/aromatic N) is 5. The first-order valence-electron chi connectivity index (χ1n) is 12.0. The lowest BCUT2D eigenvalue weighted by Gasteiger charge is -2.36. The van der Waals surface area contributed by atoms with Crippen molar-refractivity contribution in [3.05, 3.63) is 84.9 Å². The van der Waals surface area contributed by atoms with Gasteiger partial charge in [-0.05, 0) is 17.7 Å². The first kappa shape index (κ1) is 23.5. The number of hydrogen-bond donors (Lipinski definition) is 0. The van der Waals surface area contributed by atoms with Gasteiger partial charge >= 0.3 is 0 Å². The summed E-state index contributed by atoms with van der Waals surface area (Å²) in [6, 6.07) is 18.4. The van der Waals surface area contributed by atoms with Crippen LogP contribution in [0.25, 0.3) is 0 Å². The van der Waals surface area contributed by atoms with Crippen molar-refractivity contribution in [3.63, 3.8) is 0 Å². The Kier molecular flexibility index (Phi) is 6.37. The Labute approximate surface area is 208 Å². The van der Waals surface area contributed by atoms with Crippen molar-refractivity contribution in [2.24, 2.45) is 0 Å². The molecule has 0 saturated carbocycles. The van der Waals surface area contributed by atoms with Gasteiger partial charge < -0.3 is 14.4 Å². The van der Waals surface area contributed by atoms with Gasteiger partial charge in [0.05, 0.1) is 11.7 Å². The molecule has 0 N–H and O–H groups in total. The number of para-hydroxylation sites is 1. The number of anilines is 1. The van der Waals surface area contributed by atoms with Gasteiger partial charge in [0.2, 0.25) is 23.6 Å². The third kappa shape index (κ3) is 4.39. The molecule has 2 saturated heterocycles. The lowest BCUT2D eigenvalue weighted by atomic mass is 9.75. The molecule has 2 fully saturated rings. The number of aromatic nitrogens is 2. The van der Waals surface area contributed by atoms with Gasteiger partial charge in [-0.3, -0.25) is 24.1 Å². The zero-order chi connectivity index (χ0) is 25.1. The first-order valence-corrected chi connectivity index (χ1v) is 12.0. The molecule has 184 valence electrons. The van der Waals surface area contributed by atoms with E-state index in [0.29, 0.717) is 25.2 Å². The van der Waals surface area contributed by atoms with Crippen LogP contribution in [0.5, 0.6) is 0 Å². The number of amides is 4. The van der Waals surface area contributed by atoms with Crippen LogP contribution in [-0.2, 0) is 31.1 Å². The molecular formula is C27H27N5O4. The van der Waals surface area contributed by atoms with E-state index in [2.05, 4.69) is 4.98 Å². The Morgan fingerprint density at radius 2 is 1.61 bits per heavy atom. The summed E-state index contributed by atoms with van der Waals surface area (Å²) < 4.78 is 1.80. The van der Waals surface area contributed by atoms with Gasteiger partial charge in [0.15, 0.2) is 0 Å². The molecule has 9 heteroatoms. The van der Waals surface area contributed by atoms with E-state index in [-0.39, 0.29) is 49.6 Å². The number of carbonyl (C=O) groups is 4. The fourth-order valence-corrected chi connectivity index (χ4v) is 5.02. The van der Waals surface area contributed by atoms with Crippen LogP contribution in [0.2, 0.25) is 0 Å². The monoisotopic (exact) mass is 485 g/mol. The average molecular weight is 486 g/mol. The zero-order valence-electron chi connectivity index (χ0n) is 19.8. The normalized spacial score (nSPS) is 20.3. The second-order valence-corrected chi connectivity index (χ2v) is 9.15. The maximum Gasteiger partial charge on any atom is 0.246 e. The number of imide groups is 1. The number of likely N-dealkylation sites (tertiary alicyclic amines) is 1. The third-order valence-electron chi connectivity index (χ3n) is 6.97. The van der Waals surface area contributed by atoms with Gasteiger partial charge in [-0.2, -0.15) is 0 Å². The smallest absolute Gasteiger partial charge is 0.246 e. The number of carbonyl (C=O) groups excluding carboxylic acids is 4. The van der Waals surface area contributed by atoms with E-state index in [9.17, 15) is 19.2 Å². The van der Waals surface area contributed by atoms with Crippen LogP contribution >= 0.6 is 0 Å². The molecule has 0 aliphatic carbocycles. The zero-order valence-corrected chi connectivity index (χ0v) is 19.8. The largest absolute Gasteiger partial charge is 0.336 e. The average Bonchev–Trinajstić information content (AvgIpc) is 3.50. The standard InChI is InChI=1S/C27H27N5O4/c33-23(30-14-16-31(25(35)19-30)22-9-5-2-6-10-22)17-27(21-7-3-1-4-8-21)18-24(34)32(26(27)36)15-13-29-12-11-28-20-29/h1-12,20H,13-19H2/t27-/m0/s1. The van der Waals surface area contributed by atoms with Gasteiger partial charge in [-0.15, -0.1) is 0 Å². The molecule has 5 rings (SSSR count). The highest BCUT2D eigenvalue weighted by Crippen LogP contribution is 2.40. The summed E-state index contributed by atoms with van der Waals surface area (Å²) in [5, 5.41) is 0. The van der Waals surface area contributed by atoms with Crippen molar-refractivity contribution in [1.82, 2.24) is 19.4 Å². The van der Waals surface area contributed by atoms with E-state index in [4.69, 9.17) is 0 Å². The molecule has 4 amide bonds. The summed E-state index contributed by atoms with van der Waals surface area (Å²) in [7, 11) is 0. The number of imidazole rings is 1. The number of hydrogen-bond acceptors (Lipinski definition) is 5. The summed E-state index contributed by atoms with van der Waals surface area (Å²) in [5.74, 6) is -1.16. The quantitative estimate of drug-likeness (QED) is 0.476. The molecule has 2 aliphatic rings. The maximum atomic E-state index is 13.8. The van der Waals surface area contributed by atoms with Crippen LogP contribution in [0.1, 0.15) is 18.4 Å². The molecule has 0 unspecified atom stereocenters. The van der Waals surface area contributed by atoms with Crippen LogP contribution < -0.4 is 4.90 Å². The number of rotatable bonds is 7. The molecular weight excluding hydrogens is 458 g/mol. The second-order valence-electron chi connectivity index (χ2n) is 9.15. The fourth-order valence-electron chi connectivity index (χ4n) is 5.02. The van der Waals surface area contributed by atoms with Crippen molar-refractivity contribution in [1.29, 1.82) is 0 Å². The number of benzene rings is 2. The van der Waals surface area contributed by atoms with E-state index in [1.807, 2.05) is 36.4 Å². The molecule has 0 radical (unpaired) electrons. The van der Waals surface area contributed by atoms with Gasteiger partial charge in [0.1, 0.15) is 6.54 Å². The van der Waals surface area contributed by atoms with Gasteiger partial charge in [-0.25, -0.2) is 4.98 Å². The fraction of sp³-hybridized carbons (Fsp3) is 0.296. The Morgan fingerprint density at radius 3 is 2.28 bits per heavy atom. The van der Waals surface area contributed by atoms with Crippen LogP contribution in [0.15, 0.2) is 79.4 Å². The Balaban J connectivity index is 1.35. The summed E-state index contributed by atoms with van der Waals surface area (Å²) >= 11 is 0. The predicted octanol–water partition coefficient (Wildman–Crippen LogP) is 1.85. The molecule has 3 heterocycles. The molecule has 2 aromatic carbocycles. The SMILES string of the molecule is O=C(C[C@@]1(c2ccccc2)CC(=O)N(CCn2ccnc2)C1=O)N1CCN(c2ccccc2)C(=O)C1. The minimum Gasteiger partial charge on any atom is -0.336 e. The van der Waals surface area contributed by atoms with Crippen molar-refractivity contribution in [2.45, 2.75) is 24.8 Å². The van der Waals surface area contributed by atoms with E-state index in [1.165, 1.54) is 9.80 Å². The Bertz CT molecular complexity index is 1260. The van der Waals surface area contributed by atoms with Crippen LogP contribution in [0, 0.1) is 0 Å². The van der Waals surface area contributed by atoms with E-state index < -0.39 is 5.41 Å². The van der Waals surface area contributed by atoms with Crippen LogP contribution in [-0.4, -0.2) is 69.2 Å². The molecule has 2 aliphatic heterocycles. The third-order valence-corrected chi connectivity index (χ3v) is 6.97. The van der Waals surface area contributed by atoms with E-state index in [0.717, 1.165) is 5.69 Å². The molecule has 9 nitrogen and oxygen atoms in total. The summed E-state index contributed by atoms with van der Waals surface area (Å²) in [4.78, 5) is 61.5. The molecule has 1 atom stereocenters. The van der Waals surface area contributed by atoms with Crippen molar-refractivity contribution in [3.8, 4) is 0 Å². The minimum absolute atomic E-state index is 0.0644. The van der Waals surface area contributed by atoms with E-state index in [1.54, 1.807) is 52.5 Å². The summed E-state index contributed by atoms with van der Waals surface area (Å²) in [6.45, 7) is 1.29. The highest BCUT2D eigenvalue weighted by Gasteiger charge is 2.54. The Morgan fingerprint density at radius 1 is 0.889 bits per heavy atom. The minimum atomic E-state index is -1.29. The van der Waals surface area contributed by atoms with Gasteiger partial charge in [0.25, 0.3) is 0 Å². The maximum absolute atomic E-state index is 13.8. The molecule has 1 aromatic heterocycles. The Hall–Kier alpha value is -4.27.